The number of benzene rings is 2. The number of ether oxygens (including phenoxy) is 3. The monoisotopic (exact) mass is 458 g/mol. The molecule has 174 valence electrons. The lowest BCUT2D eigenvalue weighted by atomic mass is 10.1. The van der Waals surface area contributed by atoms with E-state index in [-0.39, 0.29) is 0 Å². The van der Waals surface area contributed by atoms with Crippen LogP contribution in [0.2, 0.25) is 0 Å². The molecule has 34 heavy (non-hydrogen) atoms. The van der Waals surface area contributed by atoms with Gasteiger partial charge >= 0.3 is 0 Å². The Labute approximate surface area is 197 Å². The SMILES string of the molecule is COc1cc2c(Nc3cccc4ccoc34)c(C#N)cnc2cc1OCCCN1CCOCC1. The number of furan rings is 1. The predicted molar refractivity (Wildman–Crippen MR) is 130 cm³/mol. The van der Waals surface area contributed by atoms with Gasteiger partial charge in [-0.25, -0.2) is 0 Å². The third kappa shape index (κ3) is 4.49. The van der Waals surface area contributed by atoms with Crippen LogP contribution in [0.1, 0.15) is 12.0 Å². The second-order valence-corrected chi connectivity index (χ2v) is 8.10. The van der Waals surface area contributed by atoms with Gasteiger partial charge < -0.3 is 23.9 Å². The summed E-state index contributed by atoms with van der Waals surface area (Å²) in [6, 6.07) is 13.7. The number of pyridine rings is 1. The minimum atomic E-state index is 0.428. The van der Waals surface area contributed by atoms with Crippen molar-refractivity contribution in [3.05, 3.63) is 54.4 Å². The van der Waals surface area contributed by atoms with Crippen molar-refractivity contribution < 1.29 is 18.6 Å². The molecule has 0 bridgehead atoms. The smallest absolute Gasteiger partial charge is 0.163 e. The van der Waals surface area contributed by atoms with Crippen molar-refractivity contribution in [2.24, 2.45) is 0 Å². The molecule has 8 heteroatoms. The van der Waals surface area contributed by atoms with Crippen molar-refractivity contribution in [3.8, 4) is 17.6 Å². The lowest BCUT2D eigenvalue weighted by Crippen LogP contribution is -2.37. The molecule has 0 amide bonds. The van der Waals surface area contributed by atoms with Crippen LogP contribution in [0.5, 0.6) is 11.5 Å². The second-order valence-electron chi connectivity index (χ2n) is 8.10. The van der Waals surface area contributed by atoms with Gasteiger partial charge in [-0.3, -0.25) is 9.88 Å². The van der Waals surface area contributed by atoms with Gasteiger partial charge in [0, 0.05) is 42.7 Å². The maximum atomic E-state index is 9.74. The standard InChI is InChI=1S/C26H26N4O4/c1-31-23-14-20-22(15-24(23)33-10-3-7-30-8-12-32-13-9-30)28-17-19(16-27)25(20)29-21-5-2-4-18-6-11-34-26(18)21/h2,4-6,11,14-15,17H,3,7-10,12-13H2,1H3,(H,28,29). The first-order chi connectivity index (χ1) is 16.8. The number of rotatable bonds is 8. The molecule has 4 aromatic rings. The molecule has 1 fully saturated rings. The number of morpholine rings is 1. The highest BCUT2D eigenvalue weighted by Gasteiger charge is 2.16. The molecule has 0 unspecified atom stereocenters. The summed E-state index contributed by atoms with van der Waals surface area (Å²) in [6.45, 7) is 5.05. The van der Waals surface area contributed by atoms with Crippen molar-refractivity contribution in [1.29, 1.82) is 5.26 Å². The number of nitriles is 1. The second kappa shape index (κ2) is 10.00. The molecule has 3 heterocycles. The maximum Gasteiger partial charge on any atom is 0.163 e. The van der Waals surface area contributed by atoms with Gasteiger partial charge in [-0.1, -0.05) is 12.1 Å². The van der Waals surface area contributed by atoms with Crippen molar-refractivity contribution in [3.63, 3.8) is 0 Å². The number of nitrogens with zero attached hydrogens (tertiary/aromatic N) is 3. The molecular weight excluding hydrogens is 432 g/mol. The first-order valence-electron chi connectivity index (χ1n) is 11.3. The minimum Gasteiger partial charge on any atom is -0.493 e. The van der Waals surface area contributed by atoms with Gasteiger partial charge in [0.25, 0.3) is 0 Å². The number of hydrogen-bond donors (Lipinski definition) is 1. The van der Waals surface area contributed by atoms with E-state index in [1.54, 1.807) is 19.6 Å². The van der Waals surface area contributed by atoms with Crippen LogP contribution in [0.25, 0.3) is 21.9 Å². The minimum absolute atomic E-state index is 0.428. The van der Waals surface area contributed by atoms with Gasteiger partial charge in [-0.05, 0) is 24.6 Å². The Morgan fingerprint density at radius 1 is 1.18 bits per heavy atom. The fraction of sp³-hybridized carbons (Fsp3) is 0.308. The zero-order chi connectivity index (χ0) is 23.3. The first kappa shape index (κ1) is 22.0. The van der Waals surface area contributed by atoms with Crippen LogP contribution in [-0.2, 0) is 4.74 Å². The molecule has 0 spiro atoms. The van der Waals surface area contributed by atoms with E-state index in [2.05, 4.69) is 21.3 Å². The van der Waals surface area contributed by atoms with Gasteiger partial charge in [-0.2, -0.15) is 5.26 Å². The fourth-order valence-electron chi connectivity index (χ4n) is 4.21. The predicted octanol–water partition coefficient (Wildman–Crippen LogP) is 4.71. The number of methoxy groups -OCH3 is 1. The summed E-state index contributed by atoms with van der Waals surface area (Å²) in [7, 11) is 1.61. The molecule has 1 saturated heterocycles. The zero-order valence-corrected chi connectivity index (χ0v) is 19.0. The number of para-hydroxylation sites is 1. The van der Waals surface area contributed by atoms with Crippen LogP contribution >= 0.6 is 0 Å². The first-order valence-corrected chi connectivity index (χ1v) is 11.3. The van der Waals surface area contributed by atoms with E-state index in [0.717, 1.165) is 61.3 Å². The van der Waals surface area contributed by atoms with Gasteiger partial charge in [0.1, 0.15) is 6.07 Å². The Kier molecular flexibility index (Phi) is 6.47. The van der Waals surface area contributed by atoms with Crippen molar-refractivity contribution in [1.82, 2.24) is 9.88 Å². The van der Waals surface area contributed by atoms with Crippen LogP contribution in [0.4, 0.5) is 11.4 Å². The van der Waals surface area contributed by atoms with Crippen molar-refractivity contribution >= 4 is 33.2 Å². The van der Waals surface area contributed by atoms with E-state index in [4.69, 9.17) is 18.6 Å². The summed E-state index contributed by atoms with van der Waals surface area (Å²) in [4.78, 5) is 6.88. The Morgan fingerprint density at radius 3 is 2.88 bits per heavy atom. The zero-order valence-electron chi connectivity index (χ0n) is 19.0. The quantitative estimate of drug-likeness (QED) is 0.380. The number of nitrogens with one attached hydrogen (secondary N) is 1. The Bertz CT molecular complexity index is 1340. The van der Waals surface area contributed by atoms with E-state index in [0.29, 0.717) is 34.9 Å². The molecule has 5 rings (SSSR count). The molecule has 0 radical (unpaired) electrons. The molecular formula is C26H26N4O4. The largest absolute Gasteiger partial charge is 0.493 e. The van der Waals surface area contributed by atoms with Crippen LogP contribution in [-0.4, -0.2) is 56.4 Å². The Morgan fingerprint density at radius 2 is 2.06 bits per heavy atom. The van der Waals surface area contributed by atoms with Crippen LogP contribution in [0.15, 0.2) is 53.3 Å². The highest BCUT2D eigenvalue weighted by molar-refractivity contribution is 6.00. The van der Waals surface area contributed by atoms with Crippen LogP contribution < -0.4 is 14.8 Å². The third-order valence-electron chi connectivity index (χ3n) is 5.99. The van der Waals surface area contributed by atoms with Gasteiger partial charge in [0.2, 0.25) is 0 Å². The van der Waals surface area contributed by atoms with Gasteiger partial charge in [0.15, 0.2) is 17.1 Å². The maximum absolute atomic E-state index is 9.74. The number of hydrogen-bond acceptors (Lipinski definition) is 8. The molecule has 0 atom stereocenters. The average Bonchev–Trinajstić information content (AvgIpc) is 3.37. The highest BCUT2D eigenvalue weighted by Crippen LogP contribution is 2.38. The summed E-state index contributed by atoms with van der Waals surface area (Å²) in [5, 5.41) is 14.9. The lowest BCUT2D eigenvalue weighted by Gasteiger charge is -2.26. The summed E-state index contributed by atoms with van der Waals surface area (Å²) in [5.74, 6) is 1.23. The molecule has 1 aliphatic rings. The van der Waals surface area contributed by atoms with Crippen molar-refractivity contribution in [2.45, 2.75) is 6.42 Å². The van der Waals surface area contributed by atoms with Crippen molar-refractivity contribution in [2.75, 3.05) is 51.9 Å². The highest BCUT2D eigenvalue weighted by atomic mass is 16.5. The molecule has 0 aliphatic carbocycles. The molecule has 0 saturated carbocycles. The van der Waals surface area contributed by atoms with Gasteiger partial charge in [-0.15, -0.1) is 0 Å². The van der Waals surface area contributed by atoms with Crippen LogP contribution in [0.3, 0.4) is 0 Å². The van der Waals surface area contributed by atoms with E-state index in [9.17, 15) is 5.26 Å². The molecule has 1 N–H and O–H groups in total. The van der Waals surface area contributed by atoms with E-state index >= 15 is 0 Å². The topological polar surface area (TPSA) is 92.8 Å². The third-order valence-corrected chi connectivity index (χ3v) is 5.99. The van der Waals surface area contributed by atoms with Gasteiger partial charge in [0.05, 0.1) is 55.6 Å². The number of aromatic nitrogens is 1. The lowest BCUT2D eigenvalue weighted by molar-refractivity contribution is 0.0357. The van der Waals surface area contributed by atoms with E-state index < -0.39 is 0 Å². The summed E-state index contributed by atoms with van der Waals surface area (Å²) in [5.41, 5.74) is 3.28. The Balaban J connectivity index is 1.41. The fourth-order valence-corrected chi connectivity index (χ4v) is 4.21. The average molecular weight is 459 g/mol. The van der Waals surface area contributed by atoms with E-state index in [1.165, 1.54) is 0 Å². The molecule has 1 aliphatic heterocycles. The number of fused-ring (bicyclic) bond motifs is 2. The summed E-state index contributed by atoms with van der Waals surface area (Å²) in [6.07, 6.45) is 4.13. The Hall–Kier alpha value is -3.80. The van der Waals surface area contributed by atoms with E-state index in [1.807, 2.05) is 36.4 Å². The normalized spacial score (nSPS) is 14.2. The molecule has 2 aromatic heterocycles. The van der Waals surface area contributed by atoms with Crippen LogP contribution in [0, 0.1) is 11.3 Å². The summed E-state index contributed by atoms with van der Waals surface area (Å²) < 4.78 is 22.7. The summed E-state index contributed by atoms with van der Waals surface area (Å²) >= 11 is 0. The molecule has 8 nitrogen and oxygen atoms in total. The molecule has 2 aromatic carbocycles. The number of anilines is 2.